The number of esters is 1. The minimum Gasteiger partial charge on any atom is -0.423 e. The quantitative estimate of drug-likeness (QED) is 0.413. The van der Waals surface area contributed by atoms with Gasteiger partial charge in [-0.15, -0.1) is 0 Å². The summed E-state index contributed by atoms with van der Waals surface area (Å²) in [5.41, 5.74) is 3.94. The third-order valence-corrected chi connectivity index (χ3v) is 4.19. The van der Waals surface area contributed by atoms with Gasteiger partial charge in [-0.1, -0.05) is 24.3 Å². The van der Waals surface area contributed by atoms with Gasteiger partial charge in [-0.2, -0.15) is 10.4 Å². The van der Waals surface area contributed by atoms with Crippen molar-refractivity contribution in [3.05, 3.63) is 83.8 Å². The molecule has 0 saturated heterocycles. The minimum atomic E-state index is -0.493. The Morgan fingerprint density at radius 1 is 1.07 bits per heavy atom. The summed E-state index contributed by atoms with van der Waals surface area (Å²) in [6.45, 7) is 1.75. The zero-order valence-electron chi connectivity index (χ0n) is 14.5. The number of ether oxygens (including phenoxy) is 1. The summed E-state index contributed by atoms with van der Waals surface area (Å²) < 4.78 is 7.06. The fourth-order valence-electron chi connectivity index (χ4n) is 2.85. The van der Waals surface area contributed by atoms with E-state index in [0.29, 0.717) is 28.2 Å². The lowest BCUT2D eigenvalue weighted by Crippen LogP contribution is -2.10. The highest BCUT2D eigenvalue weighted by Gasteiger charge is 2.20. The van der Waals surface area contributed by atoms with Gasteiger partial charge in [0.1, 0.15) is 11.3 Å². The van der Waals surface area contributed by atoms with E-state index in [2.05, 4.69) is 16.2 Å². The van der Waals surface area contributed by atoms with Crippen LogP contribution in [-0.4, -0.2) is 20.6 Å². The smallest absolute Gasteiger partial charge is 0.349 e. The number of rotatable bonds is 3. The second-order valence-electron chi connectivity index (χ2n) is 5.95. The minimum absolute atomic E-state index is 0.353. The summed E-state index contributed by atoms with van der Waals surface area (Å²) in [6.07, 6.45) is 3.35. The second-order valence-corrected chi connectivity index (χ2v) is 5.95. The molecule has 0 aliphatic rings. The zero-order chi connectivity index (χ0) is 18.8. The Hall–Kier alpha value is -3.98. The Kier molecular flexibility index (Phi) is 4.11. The SMILES string of the molecule is Cc1nn2cccnc2c1C(=O)Oc1ccc(-c2ccc(C#N)cc2)cc1. The number of carbonyl (C=O) groups is 1. The first-order valence-electron chi connectivity index (χ1n) is 8.28. The Labute approximate surface area is 155 Å². The Bertz CT molecular complexity index is 1170. The van der Waals surface area contributed by atoms with Crippen molar-refractivity contribution in [2.24, 2.45) is 0 Å². The average molecular weight is 354 g/mol. The van der Waals surface area contributed by atoms with Gasteiger partial charge in [-0.3, -0.25) is 0 Å². The number of hydrogen-bond donors (Lipinski definition) is 0. The van der Waals surface area contributed by atoms with Crippen LogP contribution in [0.4, 0.5) is 0 Å². The van der Waals surface area contributed by atoms with E-state index >= 15 is 0 Å². The lowest BCUT2D eigenvalue weighted by molar-refractivity contribution is 0.0736. The molecule has 2 heterocycles. The maximum atomic E-state index is 12.6. The number of aryl methyl sites for hydroxylation is 1. The van der Waals surface area contributed by atoms with E-state index in [4.69, 9.17) is 10.00 Å². The van der Waals surface area contributed by atoms with Gasteiger partial charge in [-0.25, -0.2) is 14.3 Å². The first kappa shape index (κ1) is 16.5. The molecule has 0 unspecified atom stereocenters. The van der Waals surface area contributed by atoms with Crippen molar-refractivity contribution in [2.45, 2.75) is 6.92 Å². The average Bonchev–Trinajstić information content (AvgIpc) is 3.04. The molecule has 6 heteroatoms. The number of aromatic nitrogens is 3. The van der Waals surface area contributed by atoms with Crippen molar-refractivity contribution >= 4 is 11.6 Å². The van der Waals surface area contributed by atoms with Gasteiger partial charge >= 0.3 is 5.97 Å². The summed E-state index contributed by atoms with van der Waals surface area (Å²) in [4.78, 5) is 16.8. The van der Waals surface area contributed by atoms with E-state index in [0.717, 1.165) is 11.1 Å². The van der Waals surface area contributed by atoms with Gasteiger partial charge in [-0.05, 0) is 48.4 Å². The highest BCUT2D eigenvalue weighted by atomic mass is 16.5. The van der Waals surface area contributed by atoms with Crippen LogP contribution in [0.1, 0.15) is 21.6 Å². The monoisotopic (exact) mass is 354 g/mol. The van der Waals surface area contributed by atoms with Crippen molar-refractivity contribution in [1.29, 1.82) is 5.26 Å². The molecule has 0 aliphatic heterocycles. The molecular formula is C21H14N4O2. The van der Waals surface area contributed by atoms with E-state index in [1.54, 1.807) is 54.2 Å². The van der Waals surface area contributed by atoms with Gasteiger partial charge in [0.25, 0.3) is 0 Å². The maximum absolute atomic E-state index is 12.6. The molecule has 0 radical (unpaired) electrons. The Morgan fingerprint density at radius 2 is 1.74 bits per heavy atom. The molecule has 2 aromatic carbocycles. The van der Waals surface area contributed by atoms with E-state index in [1.807, 2.05) is 24.3 Å². The van der Waals surface area contributed by atoms with Crippen LogP contribution >= 0.6 is 0 Å². The summed E-state index contributed by atoms with van der Waals surface area (Å²) in [5.74, 6) is -0.0561. The highest BCUT2D eigenvalue weighted by molar-refractivity contribution is 5.98. The van der Waals surface area contributed by atoms with Gasteiger partial charge in [0, 0.05) is 12.4 Å². The van der Waals surface area contributed by atoms with Crippen LogP contribution in [0.3, 0.4) is 0 Å². The molecule has 0 atom stereocenters. The summed E-state index contributed by atoms with van der Waals surface area (Å²) in [7, 11) is 0. The summed E-state index contributed by atoms with van der Waals surface area (Å²) >= 11 is 0. The number of benzene rings is 2. The van der Waals surface area contributed by atoms with E-state index in [-0.39, 0.29) is 0 Å². The number of nitrogens with zero attached hydrogens (tertiary/aromatic N) is 4. The number of fused-ring (bicyclic) bond motifs is 1. The second kappa shape index (κ2) is 6.73. The molecule has 27 heavy (non-hydrogen) atoms. The summed E-state index contributed by atoms with van der Waals surface area (Å²) in [6, 6.07) is 18.3. The predicted molar refractivity (Wildman–Crippen MR) is 99.3 cm³/mol. The zero-order valence-corrected chi connectivity index (χ0v) is 14.5. The molecule has 0 fully saturated rings. The molecule has 130 valence electrons. The first-order chi connectivity index (χ1) is 13.2. The van der Waals surface area contributed by atoms with Crippen LogP contribution in [0.2, 0.25) is 0 Å². The van der Waals surface area contributed by atoms with Crippen molar-refractivity contribution in [3.8, 4) is 22.9 Å². The molecule has 0 amide bonds. The standard InChI is InChI=1S/C21H14N4O2/c1-14-19(20-23-11-2-12-25(20)24-14)21(26)27-18-9-7-17(8-10-18)16-5-3-15(13-22)4-6-16/h2-12H,1H3. The van der Waals surface area contributed by atoms with Gasteiger partial charge in [0.2, 0.25) is 0 Å². The third kappa shape index (κ3) is 3.14. The first-order valence-corrected chi connectivity index (χ1v) is 8.28. The number of hydrogen-bond acceptors (Lipinski definition) is 5. The van der Waals surface area contributed by atoms with Crippen molar-refractivity contribution in [1.82, 2.24) is 14.6 Å². The topological polar surface area (TPSA) is 80.3 Å². The van der Waals surface area contributed by atoms with Gasteiger partial charge in [0.05, 0.1) is 17.3 Å². The fraction of sp³-hybridized carbons (Fsp3) is 0.0476. The Morgan fingerprint density at radius 3 is 2.41 bits per heavy atom. The van der Waals surface area contributed by atoms with E-state index in [1.165, 1.54) is 0 Å². The largest absolute Gasteiger partial charge is 0.423 e. The van der Waals surface area contributed by atoms with Crippen LogP contribution in [0.15, 0.2) is 67.0 Å². The predicted octanol–water partition coefficient (Wildman–Crippen LogP) is 3.80. The molecular weight excluding hydrogens is 340 g/mol. The lowest BCUT2D eigenvalue weighted by Gasteiger charge is -2.06. The molecule has 0 bridgehead atoms. The Balaban J connectivity index is 1.56. The van der Waals surface area contributed by atoms with Gasteiger partial charge < -0.3 is 4.74 Å². The lowest BCUT2D eigenvalue weighted by atomic mass is 10.0. The molecule has 4 rings (SSSR count). The van der Waals surface area contributed by atoms with E-state index in [9.17, 15) is 4.79 Å². The van der Waals surface area contributed by atoms with Crippen LogP contribution in [0.5, 0.6) is 5.75 Å². The van der Waals surface area contributed by atoms with Crippen LogP contribution < -0.4 is 4.74 Å². The molecule has 0 spiro atoms. The van der Waals surface area contributed by atoms with Crippen molar-refractivity contribution in [3.63, 3.8) is 0 Å². The molecule has 0 aliphatic carbocycles. The van der Waals surface area contributed by atoms with Gasteiger partial charge in [0.15, 0.2) is 5.65 Å². The molecule has 4 aromatic rings. The number of nitriles is 1. The molecule has 0 N–H and O–H groups in total. The van der Waals surface area contributed by atoms with Crippen LogP contribution in [0, 0.1) is 18.3 Å². The third-order valence-electron chi connectivity index (χ3n) is 4.19. The normalized spacial score (nSPS) is 10.5. The molecule has 6 nitrogen and oxygen atoms in total. The highest BCUT2D eigenvalue weighted by Crippen LogP contribution is 2.24. The van der Waals surface area contributed by atoms with Crippen molar-refractivity contribution in [2.75, 3.05) is 0 Å². The fourth-order valence-corrected chi connectivity index (χ4v) is 2.85. The maximum Gasteiger partial charge on any atom is 0.349 e. The van der Waals surface area contributed by atoms with E-state index < -0.39 is 5.97 Å². The van der Waals surface area contributed by atoms with Crippen LogP contribution in [-0.2, 0) is 0 Å². The van der Waals surface area contributed by atoms with Crippen LogP contribution in [0.25, 0.3) is 16.8 Å². The summed E-state index contributed by atoms with van der Waals surface area (Å²) in [5, 5.41) is 13.1. The number of carbonyl (C=O) groups excluding carboxylic acids is 1. The van der Waals surface area contributed by atoms with Crippen molar-refractivity contribution < 1.29 is 9.53 Å². The molecule has 0 saturated carbocycles. The molecule has 2 aromatic heterocycles.